The van der Waals surface area contributed by atoms with Gasteiger partial charge in [-0.25, -0.2) is 0 Å². The first-order valence-corrected chi connectivity index (χ1v) is 7.96. The fourth-order valence-corrected chi connectivity index (χ4v) is 3.33. The van der Waals surface area contributed by atoms with Gasteiger partial charge in [0.15, 0.2) is 11.5 Å². The lowest BCUT2D eigenvalue weighted by Crippen LogP contribution is -2.25. The zero-order valence-corrected chi connectivity index (χ0v) is 13.0. The minimum absolute atomic E-state index is 0.368. The maximum atomic E-state index is 6.09. The molecule has 1 saturated heterocycles. The zero-order valence-electron chi connectivity index (χ0n) is 13.0. The molecule has 2 unspecified atom stereocenters. The number of methoxy groups -OCH3 is 1. The molecule has 2 fully saturated rings. The highest BCUT2D eigenvalue weighted by Crippen LogP contribution is 2.39. The fraction of sp³-hybridized carbons (Fsp3) is 0.647. The van der Waals surface area contributed by atoms with Crippen LogP contribution >= 0.6 is 0 Å². The van der Waals surface area contributed by atoms with Crippen molar-refractivity contribution in [3.05, 3.63) is 23.8 Å². The summed E-state index contributed by atoms with van der Waals surface area (Å²) in [7, 11) is 3.88. The molecule has 2 N–H and O–H groups in total. The monoisotopic (exact) mass is 290 g/mol. The second kappa shape index (κ2) is 6.24. The summed E-state index contributed by atoms with van der Waals surface area (Å²) in [5, 5.41) is 0. The van der Waals surface area contributed by atoms with Crippen LogP contribution in [0.15, 0.2) is 18.2 Å². The van der Waals surface area contributed by atoms with Crippen LogP contribution in [-0.4, -0.2) is 38.3 Å². The van der Waals surface area contributed by atoms with Gasteiger partial charge in [0.2, 0.25) is 0 Å². The highest BCUT2D eigenvalue weighted by molar-refractivity contribution is 5.44. The Morgan fingerprint density at radius 1 is 1.29 bits per heavy atom. The molecule has 0 spiro atoms. The number of rotatable bonds is 5. The van der Waals surface area contributed by atoms with E-state index in [9.17, 15) is 0 Å². The molecule has 4 nitrogen and oxygen atoms in total. The quantitative estimate of drug-likeness (QED) is 0.905. The minimum Gasteiger partial charge on any atom is -0.493 e. The van der Waals surface area contributed by atoms with E-state index >= 15 is 0 Å². The molecule has 1 aromatic rings. The van der Waals surface area contributed by atoms with Crippen LogP contribution in [0.3, 0.4) is 0 Å². The number of hydrogen-bond donors (Lipinski definition) is 1. The summed E-state index contributed by atoms with van der Waals surface area (Å²) in [5.74, 6) is 2.32. The first-order chi connectivity index (χ1) is 10.2. The van der Waals surface area contributed by atoms with Crippen LogP contribution in [0, 0.1) is 5.92 Å². The number of benzene rings is 1. The summed E-state index contributed by atoms with van der Waals surface area (Å²) in [6.07, 6.45) is 5.09. The molecule has 4 heteroatoms. The summed E-state index contributed by atoms with van der Waals surface area (Å²) in [6, 6.07) is 6.80. The Hall–Kier alpha value is -1.26. The molecule has 2 atom stereocenters. The van der Waals surface area contributed by atoms with Gasteiger partial charge in [0.05, 0.1) is 13.2 Å². The Balaban J connectivity index is 1.80. The highest BCUT2D eigenvalue weighted by atomic mass is 16.5. The van der Waals surface area contributed by atoms with E-state index in [4.69, 9.17) is 15.2 Å². The molecule has 2 aliphatic rings. The average molecular weight is 290 g/mol. The largest absolute Gasteiger partial charge is 0.493 e. The van der Waals surface area contributed by atoms with Crippen molar-refractivity contribution in [1.29, 1.82) is 0 Å². The second-order valence-corrected chi connectivity index (χ2v) is 6.37. The summed E-state index contributed by atoms with van der Waals surface area (Å²) >= 11 is 0. The molecular weight excluding hydrogens is 264 g/mol. The van der Waals surface area contributed by atoms with Gasteiger partial charge < -0.3 is 15.2 Å². The number of nitrogens with two attached hydrogens (primary N) is 1. The number of hydrogen-bond acceptors (Lipinski definition) is 4. The Morgan fingerprint density at radius 2 is 2.10 bits per heavy atom. The molecule has 1 aromatic carbocycles. The number of likely N-dealkylation sites (tertiary alicyclic amines) is 1. The van der Waals surface area contributed by atoms with E-state index in [1.165, 1.54) is 12.0 Å². The lowest BCUT2D eigenvalue weighted by atomic mass is 9.96. The number of ether oxygens (including phenoxy) is 2. The summed E-state index contributed by atoms with van der Waals surface area (Å²) in [5.41, 5.74) is 7.14. The predicted molar refractivity (Wildman–Crippen MR) is 83.8 cm³/mol. The van der Waals surface area contributed by atoms with Gasteiger partial charge in [-0.3, -0.25) is 4.90 Å². The van der Waals surface area contributed by atoms with Crippen molar-refractivity contribution in [2.24, 2.45) is 11.7 Å². The summed E-state index contributed by atoms with van der Waals surface area (Å²) in [6.45, 7) is 1.84. The zero-order chi connectivity index (χ0) is 14.8. The van der Waals surface area contributed by atoms with Crippen molar-refractivity contribution in [2.45, 2.75) is 37.8 Å². The maximum Gasteiger partial charge on any atom is 0.161 e. The van der Waals surface area contributed by atoms with E-state index < -0.39 is 0 Å². The molecule has 3 rings (SSSR count). The molecule has 0 radical (unpaired) electrons. The van der Waals surface area contributed by atoms with Crippen molar-refractivity contribution in [2.75, 3.05) is 27.2 Å². The standard InChI is InChI=1S/C17H26N2O2/c1-19-11-12(10-18)8-15(19)13-6-7-16(20-2)17(9-13)21-14-4-3-5-14/h6-7,9,12,14-15H,3-5,8,10-11,18H2,1-2H3. The van der Waals surface area contributed by atoms with Gasteiger partial charge in [-0.05, 0) is 62.9 Å². The predicted octanol–water partition coefficient (Wildman–Crippen LogP) is 2.58. The van der Waals surface area contributed by atoms with Crippen LogP contribution in [0.4, 0.5) is 0 Å². The van der Waals surface area contributed by atoms with Gasteiger partial charge in [-0.2, -0.15) is 0 Å². The van der Waals surface area contributed by atoms with Crippen LogP contribution in [0.1, 0.15) is 37.3 Å². The van der Waals surface area contributed by atoms with Gasteiger partial charge in [-0.1, -0.05) is 6.07 Å². The molecule has 0 aromatic heterocycles. The van der Waals surface area contributed by atoms with Crippen molar-refractivity contribution < 1.29 is 9.47 Å². The molecule has 0 bridgehead atoms. The van der Waals surface area contributed by atoms with E-state index in [0.29, 0.717) is 18.1 Å². The van der Waals surface area contributed by atoms with Crippen LogP contribution in [0.25, 0.3) is 0 Å². The van der Waals surface area contributed by atoms with Gasteiger partial charge in [0.25, 0.3) is 0 Å². The Kier molecular flexibility index (Phi) is 4.36. The first-order valence-electron chi connectivity index (χ1n) is 7.96. The Morgan fingerprint density at radius 3 is 2.67 bits per heavy atom. The molecule has 0 amide bonds. The van der Waals surface area contributed by atoms with Gasteiger partial charge in [0.1, 0.15) is 0 Å². The Labute approximate surface area is 127 Å². The van der Waals surface area contributed by atoms with Crippen molar-refractivity contribution in [3.8, 4) is 11.5 Å². The van der Waals surface area contributed by atoms with E-state index in [0.717, 1.165) is 43.9 Å². The lowest BCUT2D eigenvalue weighted by Gasteiger charge is -2.28. The van der Waals surface area contributed by atoms with Crippen molar-refractivity contribution in [3.63, 3.8) is 0 Å². The third-order valence-corrected chi connectivity index (χ3v) is 4.89. The van der Waals surface area contributed by atoms with Crippen LogP contribution < -0.4 is 15.2 Å². The van der Waals surface area contributed by atoms with Crippen molar-refractivity contribution >= 4 is 0 Å². The number of nitrogens with zero attached hydrogens (tertiary/aromatic N) is 1. The summed E-state index contributed by atoms with van der Waals surface area (Å²) in [4.78, 5) is 2.40. The van der Waals surface area contributed by atoms with E-state index in [2.05, 4.69) is 24.1 Å². The van der Waals surface area contributed by atoms with Gasteiger partial charge >= 0.3 is 0 Å². The van der Waals surface area contributed by atoms with E-state index in [1.807, 2.05) is 6.07 Å². The highest BCUT2D eigenvalue weighted by Gasteiger charge is 2.30. The average Bonchev–Trinajstić information content (AvgIpc) is 2.84. The van der Waals surface area contributed by atoms with Crippen LogP contribution in [0.5, 0.6) is 11.5 Å². The molecule has 21 heavy (non-hydrogen) atoms. The second-order valence-electron chi connectivity index (χ2n) is 6.37. The normalized spacial score (nSPS) is 26.6. The van der Waals surface area contributed by atoms with Gasteiger partial charge in [0, 0.05) is 12.6 Å². The molecule has 1 aliphatic heterocycles. The fourth-order valence-electron chi connectivity index (χ4n) is 3.33. The SMILES string of the molecule is COc1ccc(C2CC(CN)CN2C)cc1OC1CCC1. The molecular formula is C17H26N2O2. The smallest absolute Gasteiger partial charge is 0.161 e. The third kappa shape index (κ3) is 3.01. The Bertz CT molecular complexity index is 488. The maximum absolute atomic E-state index is 6.09. The van der Waals surface area contributed by atoms with Crippen molar-refractivity contribution in [1.82, 2.24) is 4.90 Å². The summed E-state index contributed by atoms with van der Waals surface area (Å²) < 4.78 is 11.5. The molecule has 1 aliphatic carbocycles. The van der Waals surface area contributed by atoms with E-state index in [1.54, 1.807) is 7.11 Å². The lowest BCUT2D eigenvalue weighted by molar-refractivity contribution is 0.116. The molecule has 1 heterocycles. The van der Waals surface area contributed by atoms with Gasteiger partial charge in [-0.15, -0.1) is 0 Å². The third-order valence-electron chi connectivity index (χ3n) is 4.89. The molecule has 116 valence electrons. The topological polar surface area (TPSA) is 47.7 Å². The molecule has 1 saturated carbocycles. The van der Waals surface area contributed by atoms with Crippen LogP contribution in [0.2, 0.25) is 0 Å². The van der Waals surface area contributed by atoms with E-state index in [-0.39, 0.29) is 0 Å². The first kappa shape index (κ1) is 14.7. The minimum atomic E-state index is 0.368. The van der Waals surface area contributed by atoms with Crippen LogP contribution in [-0.2, 0) is 0 Å².